The van der Waals surface area contributed by atoms with E-state index in [0.717, 1.165) is 0 Å². The molecular weight excluding hydrogens is 1020 g/mol. The van der Waals surface area contributed by atoms with E-state index in [1.165, 1.54) is 17.0 Å². The van der Waals surface area contributed by atoms with Crippen molar-refractivity contribution in [2.24, 2.45) is 0 Å². The Morgan fingerprint density at radius 3 is 0.652 bits per heavy atom. The predicted molar refractivity (Wildman–Crippen MR) is 187 cm³/mol. The largest absolute Gasteiger partial charge is 0.416 e. The highest BCUT2D eigenvalue weighted by atomic mass is 19.4. The molecule has 0 spiro atoms. The van der Waals surface area contributed by atoms with Gasteiger partial charge in [0.15, 0.2) is 12.4 Å². The van der Waals surface area contributed by atoms with Crippen LogP contribution >= 0.6 is 0 Å². The number of hydrogen-bond acceptors (Lipinski definition) is 0. The van der Waals surface area contributed by atoms with Crippen LogP contribution in [0.15, 0.2) is 115 Å². The maximum atomic E-state index is 14.2. The summed E-state index contributed by atoms with van der Waals surface area (Å²) in [4.78, 5) is 0. The average Bonchev–Trinajstić information content (AvgIpc) is 3.19. The van der Waals surface area contributed by atoms with E-state index in [0.29, 0.717) is 0 Å². The molecule has 0 aliphatic carbocycles. The lowest BCUT2D eigenvalue weighted by molar-refractivity contribution is -0.691. The van der Waals surface area contributed by atoms with Gasteiger partial charge in [-0.3, -0.25) is 0 Å². The van der Waals surface area contributed by atoms with Crippen molar-refractivity contribution in [2.75, 3.05) is 0 Å². The molecule has 1 aromatic heterocycles. The van der Waals surface area contributed by atoms with Gasteiger partial charge in [0.2, 0.25) is 12.4 Å². The molecular formula is C40H19BF27N. The second-order valence-corrected chi connectivity index (χ2v) is 14.4. The monoisotopic (exact) mass is 1040 g/mol. The van der Waals surface area contributed by atoms with Crippen LogP contribution in [0.1, 0.15) is 44.5 Å². The van der Waals surface area contributed by atoms with Crippen molar-refractivity contribution in [3.05, 3.63) is 160 Å². The maximum Gasteiger partial charge on any atom is 0.416 e. The molecule has 0 saturated carbocycles. The number of alkyl halides is 24. The third-order valence-corrected chi connectivity index (χ3v) is 9.74. The van der Waals surface area contributed by atoms with Gasteiger partial charge in [-0.05, 0) is 24.3 Å². The molecule has 1 heterocycles. The summed E-state index contributed by atoms with van der Waals surface area (Å²) in [5, 5.41) is 0. The standard InChI is InChI=1S/C32H12BF24.C8H7F3N/c34-25(35,36)13-1-14(26(37,38)39)6-21(5-13)33(22-7-15(27(40,41)42)2-16(8-22)28(43,44)45,23-9-17(29(46,47)48)3-18(10-23)30(49,50)51)24-11-19(31(52,53)54)4-20(12-24)32(55,56)57;9-7(8(10)11)6-12-4-2-1-3-5-12/h1-12H;1-5H,6H2/q-1;+1. The Morgan fingerprint density at radius 2 is 0.493 bits per heavy atom. The van der Waals surface area contributed by atoms with Crippen LogP contribution in [0, 0.1) is 0 Å². The van der Waals surface area contributed by atoms with Crippen LogP contribution < -0.4 is 26.4 Å². The van der Waals surface area contributed by atoms with Crippen molar-refractivity contribution in [3.63, 3.8) is 0 Å². The minimum atomic E-state index is -6.13. The number of allylic oxidation sites excluding steroid dienone is 1. The van der Waals surface area contributed by atoms with Crippen LogP contribution in [0.2, 0.25) is 0 Å². The first kappa shape index (κ1) is 55.5. The van der Waals surface area contributed by atoms with Crippen LogP contribution in [0.4, 0.5) is 119 Å². The van der Waals surface area contributed by atoms with Crippen LogP contribution in [-0.4, -0.2) is 6.15 Å². The first-order valence-corrected chi connectivity index (χ1v) is 18.0. The van der Waals surface area contributed by atoms with E-state index in [2.05, 4.69) is 0 Å². The molecule has 4 aromatic carbocycles. The summed E-state index contributed by atoms with van der Waals surface area (Å²) in [7, 11) is 0. The Kier molecular flexibility index (Phi) is 15.0. The quantitative estimate of drug-likeness (QED) is 0.0907. The Bertz CT molecular complexity index is 2220. The predicted octanol–water partition coefficient (Wildman–Crippen LogP) is 13.3. The maximum absolute atomic E-state index is 14.2. The minimum Gasteiger partial charge on any atom is -0.199 e. The molecule has 0 fully saturated rings. The van der Waals surface area contributed by atoms with Gasteiger partial charge in [-0.1, -0.05) is 54.6 Å². The molecule has 69 heavy (non-hydrogen) atoms. The lowest BCUT2D eigenvalue weighted by Gasteiger charge is -2.46. The summed E-state index contributed by atoms with van der Waals surface area (Å²) in [5.74, 6) is -1.40. The fourth-order valence-electron chi connectivity index (χ4n) is 6.83. The van der Waals surface area contributed by atoms with Crippen molar-refractivity contribution in [3.8, 4) is 0 Å². The molecule has 29 heteroatoms. The second kappa shape index (κ2) is 18.7. The van der Waals surface area contributed by atoms with Crippen molar-refractivity contribution in [1.29, 1.82) is 0 Å². The lowest BCUT2D eigenvalue weighted by atomic mass is 9.12. The van der Waals surface area contributed by atoms with Crippen LogP contribution in [0.3, 0.4) is 0 Å². The number of benzene rings is 4. The summed E-state index contributed by atoms with van der Waals surface area (Å²) < 4.78 is 378. The number of hydrogen-bond donors (Lipinski definition) is 0. The Morgan fingerprint density at radius 1 is 0.304 bits per heavy atom. The lowest BCUT2D eigenvalue weighted by Crippen LogP contribution is -2.75. The molecule has 0 N–H and O–H groups in total. The van der Waals surface area contributed by atoms with Crippen LogP contribution in [0.5, 0.6) is 0 Å². The third kappa shape index (κ3) is 13.2. The van der Waals surface area contributed by atoms with Gasteiger partial charge in [-0.2, -0.15) is 145 Å². The van der Waals surface area contributed by atoms with Gasteiger partial charge >= 0.3 is 55.5 Å². The Hall–Kier alpha value is -6.06. The van der Waals surface area contributed by atoms with Gasteiger partial charge in [0, 0.05) is 12.1 Å². The highest BCUT2D eigenvalue weighted by Crippen LogP contribution is 2.41. The summed E-state index contributed by atoms with van der Waals surface area (Å²) >= 11 is 0. The molecule has 0 amide bonds. The minimum absolute atomic E-state index is 0.414. The van der Waals surface area contributed by atoms with E-state index in [4.69, 9.17) is 0 Å². The molecule has 5 aromatic rings. The van der Waals surface area contributed by atoms with E-state index in [9.17, 15) is 119 Å². The number of nitrogens with zero attached hydrogens (tertiary/aromatic N) is 1. The Labute approximate surface area is 367 Å². The zero-order valence-corrected chi connectivity index (χ0v) is 32.8. The van der Waals surface area contributed by atoms with Gasteiger partial charge in [-0.25, -0.2) is 0 Å². The Balaban J connectivity index is 0.000000750. The number of aromatic nitrogens is 1. The van der Waals surface area contributed by atoms with Crippen molar-refractivity contribution in [1.82, 2.24) is 0 Å². The van der Waals surface area contributed by atoms with Crippen molar-refractivity contribution in [2.45, 2.75) is 56.0 Å². The van der Waals surface area contributed by atoms with Crippen molar-refractivity contribution < 1.29 is 123 Å². The molecule has 0 atom stereocenters. The summed E-state index contributed by atoms with van der Waals surface area (Å²) in [6, 6.07) is -3.80. The summed E-state index contributed by atoms with van der Waals surface area (Å²) in [6.07, 6.45) is -54.0. The molecule has 0 aliphatic heterocycles. The SMILES string of the molecule is FC(F)(F)c1cc([B-](c2cc(C(F)(F)F)cc(C(F)(F)F)c2)(c2cc(C(F)(F)F)cc(C(F)(F)F)c2)c2cc(C(F)(F)F)cc(C(F)(F)F)c2)cc(C(F)(F)F)c1.FC(F)=C(F)C[n+]1ccccc1. The highest BCUT2D eigenvalue weighted by molar-refractivity contribution is 7.20. The second-order valence-electron chi connectivity index (χ2n) is 14.4. The molecule has 0 aliphatic rings. The normalized spacial score (nSPS) is 13.5. The van der Waals surface area contributed by atoms with E-state index in [1.807, 2.05) is 0 Å². The molecule has 5 rings (SSSR count). The summed E-state index contributed by atoms with van der Waals surface area (Å²) in [5.41, 5.74) is -30.2. The van der Waals surface area contributed by atoms with E-state index in [1.54, 1.807) is 18.2 Å². The van der Waals surface area contributed by atoms with E-state index in [-0.39, 0.29) is 0 Å². The van der Waals surface area contributed by atoms with Gasteiger partial charge in [0.25, 0.3) is 0 Å². The highest BCUT2D eigenvalue weighted by Gasteiger charge is 2.47. The number of rotatable bonds is 6. The number of halogens is 27. The first-order valence-electron chi connectivity index (χ1n) is 18.0. The van der Waals surface area contributed by atoms with Crippen LogP contribution in [-0.2, 0) is 56.0 Å². The molecule has 376 valence electrons. The first-order chi connectivity index (χ1) is 31.0. The van der Waals surface area contributed by atoms with E-state index >= 15 is 0 Å². The fraction of sp³-hybridized carbons (Fsp3) is 0.225. The fourth-order valence-corrected chi connectivity index (χ4v) is 6.83. The summed E-state index contributed by atoms with van der Waals surface area (Å²) in [6.45, 7) is -0.414. The molecule has 1 nitrogen and oxygen atoms in total. The average molecular weight is 1040 g/mol. The van der Waals surface area contributed by atoms with Crippen molar-refractivity contribution >= 4 is 28.0 Å². The van der Waals surface area contributed by atoms with Crippen LogP contribution in [0.25, 0.3) is 0 Å². The van der Waals surface area contributed by atoms with Gasteiger partial charge in [-0.15, -0.1) is 0 Å². The van der Waals surface area contributed by atoms with Gasteiger partial charge in [0.05, 0.1) is 44.5 Å². The number of pyridine rings is 1. The topological polar surface area (TPSA) is 3.88 Å². The van der Waals surface area contributed by atoms with Gasteiger partial charge < -0.3 is 0 Å². The molecule has 0 bridgehead atoms. The zero-order chi connectivity index (χ0) is 52.9. The zero-order valence-electron chi connectivity index (χ0n) is 32.8. The third-order valence-electron chi connectivity index (χ3n) is 9.74. The molecule has 0 unspecified atom stereocenters. The molecule has 0 radical (unpaired) electrons. The van der Waals surface area contributed by atoms with Gasteiger partial charge in [0.1, 0.15) is 6.15 Å². The smallest absolute Gasteiger partial charge is 0.199 e. The molecule has 0 saturated heterocycles. The van der Waals surface area contributed by atoms with E-state index < -0.39 is 213 Å².